The first kappa shape index (κ1) is 19.6. The van der Waals surface area contributed by atoms with E-state index in [1.165, 1.54) is 9.87 Å². The number of piperidine rings is 1. The topological polar surface area (TPSA) is 57.7 Å². The van der Waals surface area contributed by atoms with Crippen molar-refractivity contribution in [3.05, 3.63) is 58.6 Å². The second-order valence-corrected chi connectivity index (χ2v) is 10.4. The fraction of sp³-hybridized carbons (Fsp3) is 0.381. The maximum absolute atomic E-state index is 13.2. The zero-order valence-electron chi connectivity index (χ0n) is 15.7. The molecule has 0 N–H and O–H groups in total. The van der Waals surface area contributed by atoms with Crippen molar-refractivity contribution in [1.82, 2.24) is 4.31 Å². The van der Waals surface area contributed by atoms with Crippen molar-refractivity contribution >= 4 is 37.5 Å². The first-order valence-corrected chi connectivity index (χ1v) is 11.8. The summed E-state index contributed by atoms with van der Waals surface area (Å²) in [7, 11) is -3.52. The zero-order chi connectivity index (χ0) is 19.9. The van der Waals surface area contributed by atoms with Gasteiger partial charge in [-0.3, -0.25) is 4.79 Å². The summed E-state index contributed by atoms with van der Waals surface area (Å²) < 4.78 is 28.1. The van der Waals surface area contributed by atoms with Crippen molar-refractivity contribution in [3.63, 3.8) is 0 Å². The Bertz CT molecular complexity index is 983. The van der Waals surface area contributed by atoms with E-state index in [4.69, 9.17) is 0 Å². The van der Waals surface area contributed by atoms with Gasteiger partial charge in [0.25, 0.3) is 0 Å². The van der Waals surface area contributed by atoms with Gasteiger partial charge in [0, 0.05) is 35.2 Å². The molecular weight excluding hydrogens is 440 g/mol. The van der Waals surface area contributed by atoms with E-state index in [9.17, 15) is 13.2 Å². The van der Waals surface area contributed by atoms with Crippen LogP contribution in [0.25, 0.3) is 0 Å². The van der Waals surface area contributed by atoms with Crippen LogP contribution in [0.1, 0.15) is 25.3 Å². The predicted octanol–water partition coefficient (Wildman–Crippen LogP) is 3.83. The minimum absolute atomic E-state index is 0.123. The minimum atomic E-state index is -3.52. The van der Waals surface area contributed by atoms with Gasteiger partial charge >= 0.3 is 0 Å². The molecule has 28 heavy (non-hydrogen) atoms. The molecule has 0 radical (unpaired) electrons. The highest BCUT2D eigenvalue weighted by Gasteiger charge is 2.38. The molecule has 1 amide bonds. The molecule has 1 saturated heterocycles. The third-order valence-corrected chi connectivity index (χ3v) is 8.14. The molecule has 7 heteroatoms. The highest BCUT2D eigenvalue weighted by atomic mass is 79.9. The normalized spacial score (nSPS) is 20.9. The van der Waals surface area contributed by atoms with Crippen molar-refractivity contribution in [2.24, 2.45) is 5.92 Å². The molecule has 2 aromatic rings. The van der Waals surface area contributed by atoms with Crippen molar-refractivity contribution in [2.75, 3.05) is 18.0 Å². The Morgan fingerprint density at radius 1 is 1.04 bits per heavy atom. The molecule has 0 aromatic heterocycles. The second kappa shape index (κ2) is 7.61. The highest BCUT2D eigenvalue weighted by Crippen LogP contribution is 2.35. The first-order valence-electron chi connectivity index (χ1n) is 9.54. The van der Waals surface area contributed by atoms with Crippen LogP contribution in [0.4, 0.5) is 5.69 Å². The summed E-state index contributed by atoms with van der Waals surface area (Å²) in [6.07, 6.45) is 1.98. The van der Waals surface area contributed by atoms with Gasteiger partial charge in [-0.05, 0) is 62.1 Å². The van der Waals surface area contributed by atoms with Gasteiger partial charge in [-0.25, -0.2) is 8.42 Å². The van der Waals surface area contributed by atoms with Crippen molar-refractivity contribution in [2.45, 2.75) is 37.1 Å². The van der Waals surface area contributed by atoms with E-state index in [2.05, 4.69) is 28.9 Å². The number of nitrogens with zero attached hydrogens (tertiary/aromatic N) is 2. The fourth-order valence-electron chi connectivity index (χ4n) is 4.20. The molecule has 0 bridgehead atoms. The van der Waals surface area contributed by atoms with Crippen LogP contribution in [0.15, 0.2) is 57.9 Å². The zero-order valence-corrected chi connectivity index (χ0v) is 18.1. The fourth-order valence-corrected chi connectivity index (χ4v) is 5.93. The third-order valence-electron chi connectivity index (χ3n) is 5.70. The molecular formula is C21H23BrN2O3S. The lowest BCUT2D eigenvalue weighted by atomic mass is 9.96. The Balaban J connectivity index is 1.46. The van der Waals surface area contributed by atoms with Crippen LogP contribution in [0.2, 0.25) is 0 Å². The summed E-state index contributed by atoms with van der Waals surface area (Å²) in [5.41, 5.74) is 2.21. The molecule has 1 fully saturated rings. The van der Waals surface area contributed by atoms with Crippen molar-refractivity contribution < 1.29 is 13.2 Å². The molecule has 0 saturated carbocycles. The van der Waals surface area contributed by atoms with Gasteiger partial charge in [-0.2, -0.15) is 4.31 Å². The van der Waals surface area contributed by atoms with Gasteiger partial charge < -0.3 is 4.90 Å². The van der Waals surface area contributed by atoms with E-state index < -0.39 is 10.0 Å². The number of anilines is 1. The number of para-hydroxylation sites is 1. The molecule has 0 spiro atoms. The largest absolute Gasteiger partial charge is 0.309 e. The SMILES string of the molecule is C[C@@H]1Cc2ccccc2N1C(=O)C1CCN(S(=O)(=O)c2ccc(Br)cc2)CC1. The number of amides is 1. The van der Waals surface area contributed by atoms with Crippen LogP contribution in [0, 0.1) is 5.92 Å². The molecule has 0 unspecified atom stereocenters. The number of carbonyl (C=O) groups is 1. The van der Waals surface area contributed by atoms with Gasteiger partial charge in [-0.1, -0.05) is 34.1 Å². The van der Waals surface area contributed by atoms with Gasteiger partial charge in [0.1, 0.15) is 0 Å². The Morgan fingerprint density at radius 2 is 1.68 bits per heavy atom. The molecule has 0 aliphatic carbocycles. The summed E-state index contributed by atoms with van der Waals surface area (Å²) >= 11 is 3.33. The number of sulfonamides is 1. The molecule has 2 aliphatic rings. The van der Waals surface area contributed by atoms with E-state index in [1.807, 2.05) is 23.1 Å². The average molecular weight is 463 g/mol. The van der Waals surface area contributed by atoms with Crippen molar-refractivity contribution in [1.29, 1.82) is 0 Å². The molecule has 5 nitrogen and oxygen atoms in total. The average Bonchev–Trinajstić information content (AvgIpc) is 3.03. The van der Waals surface area contributed by atoms with Crippen LogP contribution in [-0.4, -0.2) is 37.8 Å². The lowest BCUT2D eigenvalue weighted by Crippen LogP contribution is -2.46. The number of benzene rings is 2. The monoisotopic (exact) mass is 462 g/mol. The van der Waals surface area contributed by atoms with Gasteiger partial charge in [-0.15, -0.1) is 0 Å². The van der Waals surface area contributed by atoms with Gasteiger partial charge in [0.2, 0.25) is 15.9 Å². The number of hydrogen-bond donors (Lipinski definition) is 0. The van der Waals surface area contributed by atoms with E-state index in [-0.39, 0.29) is 17.9 Å². The second-order valence-electron chi connectivity index (χ2n) is 7.52. The van der Waals surface area contributed by atoms with Crippen LogP contribution in [-0.2, 0) is 21.2 Å². The van der Waals surface area contributed by atoms with Crippen LogP contribution in [0.3, 0.4) is 0 Å². The third kappa shape index (κ3) is 3.51. The Labute approximate surface area is 174 Å². The highest BCUT2D eigenvalue weighted by molar-refractivity contribution is 9.10. The van der Waals surface area contributed by atoms with E-state index in [0.717, 1.165) is 16.6 Å². The number of fused-ring (bicyclic) bond motifs is 1. The number of hydrogen-bond acceptors (Lipinski definition) is 3. The number of carbonyl (C=O) groups excluding carboxylic acids is 1. The Kier molecular flexibility index (Phi) is 5.33. The molecule has 4 rings (SSSR count). The Morgan fingerprint density at radius 3 is 2.36 bits per heavy atom. The summed E-state index contributed by atoms with van der Waals surface area (Å²) in [5, 5.41) is 0. The van der Waals surface area contributed by atoms with Gasteiger partial charge in [0.05, 0.1) is 4.90 Å². The molecule has 2 heterocycles. The number of rotatable bonds is 3. The van der Waals surface area contributed by atoms with E-state index >= 15 is 0 Å². The first-order chi connectivity index (χ1) is 13.4. The standard InChI is InChI=1S/C21H23BrN2O3S/c1-15-14-17-4-2-3-5-20(17)24(15)21(25)16-10-12-23(13-11-16)28(26,27)19-8-6-18(22)7-9-19/h2-9,15-16H,10-14H2,1H3/t15-/m1/s1. The smallest absolute Gasteiger partial charge is 0.243 e. The molecule has 1 atom stereocenters. The summed E-state index contributed by atoms with van der Waals surface area (Å²) in [4.78, 5) is 15.4. The van der Waals surface area contributed by atoms with Crippen molar-refractivity contribution in [3.8, 4) is 0 Å². The quantitative estimate of drug-likeness (QED) is 0.696. The van der Waals surface area contributed by atoms with Gasteiger partial charge in [0.15, 0.2) is 0 Å². The lowest BCUT2D eigenvalue weighted by Gasteiger charge is -2.34. The molecule has 2 aromatic carbocycles. The molecule has 148 valence electrons. The maximum atomic E-state index is 13.2. The minimum Gasteiger partial charge on any atom is -0.309 e. The van der Waals surface area contributed by atoms with Crippen LogP contribution >= 0.6 is 15.9 Å². The summed E-state index contributed by atoms with van der Waals surface area (Å²) in [5.74, 6) is -0.0110. The van der Waals surface area contributed by atoms with E-state index in [0.29, 0.717) is 30.8 Å². The Hall–Kier alpha value is -1.70. The molecule has 2 aliphatic heterocycles. The summed E-state index contributed by atoms with van der Waals surface area (Å²) in [6.45, 7) is 2.82. The predicted molar refractivity (Wildman–Crippen MR) is 113 cm³/mol. The van der Waals surface area contributed by atoms with E-state index in [1.54, 1.807) is 24.3 Å². The summed E-state index contributed by atoms with van der Waals surface area (Å²) in [6, 6.07) is 14.9. The lowest BCUT2D eigenvalue weighted by molar-refractivity contribution is -0.123. The number of halogens is 1. The maximum Gasteiger partial charge on any atom is 0.243 e. The van der Waals surface area contributed by atoms with Crippen LogP contribution < -0.4 is 4.90 Å². The van der Waals surface area contributed by atoms with Crippen LogP contribution in [0.5, 0.6) is 0 Å².